The molecule has 1 heterocycles. The van der Waals surface area contributed by atoms with Crippen LogP contribution in [0.3, 0.4) is 0 Å². The number of rotatable bonds is 0. The van der Waals surface area contributed by atoms with Gasteiger partial charge >= 0.3 is 0 Å². The molecule has 0 saturated heterocycles. The lowest BCUT2D eigenvalue weighted by Crippen LogP contribution is -2.21. The Balaban J connectivity index is 2.69. The standard InChI is InChI=1S/C7H13NOS/c1-7(2,3)6-4-5-10(9)8-6/h4,8H,5H2,1-3H3. The Morgan fingerprint density at radius 2 is 2.20 bits per heavy atom. The zero-order valence-corrected chi connectivity index (χ0v) is 7.42. The van der Waals surface area contributed by atoms with Crippen LogP contribution in [0.5, 0.6) is 0 Å². The molecule has 3 heteroatoms. The van der Waals surface area contributed by atoms with Crippen molar-refractivity contribution in [1.82, 2.24) is 4.72 Å². The van der Waals surface area contributed by atoms with E-state index in [1.807, 2.05) is 6.08 Å². The van der Waals surface area contributed by atoms with E-state index in [9.17, 15) is 4.21 Å². The Morgan fingerprint density at radius 1 is 1.60 bits per heavy atom. The molecule has 0 bridgehead atoms. The molecule has 1 atom stereocenters. The molecular weight excluding hydrogens is 146 g/mol. The van der Waals surface area contributed by atoms with Crippen LogP contribution in [0.1, 0.15) is 20.8 Å². The van der Waals surface area contributed by atoms with Gasteiger partial charge in [0.25, 0.3) is 0 Å². The van der Waals surface area contributed by atoms with Gasteiger partial charge in [0.1, 0.15) is 11.0 Å². The van der Waals surface area contributed by atoms with Crippen molar-refractivity contribution in [2.45, 2.75) is 20.8 Å². The number of hydrogen-bond donors (Lipinski definition) is 1. The monoisotopic (exact) mass is 159 g/mol. The molecule has 1 aliphatic heterocycles. The van der Waals surface area contributed by atoms with E-state index in [2.05, 4.69) is 25.5 Å². The summed E-state index contributed by atoms with van der Waals surface area (Å²) in [5.41, 5.74) is 1.22. The first-order valence-corrected chi connectivity index (χ1v) is 4.68. The van der Waals surface area contributed by atoms with Gasteiger partial charge in [0.15, 0.2) is 0 Å². The largest absolute Gasteiger partial charge is 0.308 e. The van der Waals surface area contributed by atoms with E-state index in [0.29, 0.717) is 5.75 Å². The van der Waals surface area contributed by atoms with Gasteiger partial charge in [0, 0.05) is 11.1 Å². The van der Waals surface area contributed by atoms with E-state index in [0.717, 1.165) is 5.70 Å². The van der Waals surface area contributed by atoms with Gasteiger partial charge in [-0.15, -0.1) is 0 Å². The van der Waals surface area contributed by atoms with Gasteiger partial charge in [-0.05, 0) is 6.08 Å². The summed E-state index contributed by atoms with van der Waals surface area (Å²) in [4.78, 5) is 0. The summed E-state index contributed by atoms with van der Waals surface area (Å²) in [7, 11) is -0.842. The van der Waals surface area contributed by atoms with Crippen LogP contribution in [0.4, 0.5) is 0 Å². The molecule has 10 heavy (non-hydrogen) atoms. The van der Waals surface area contributed by atoms with Gasteiger partial charge < -0.3 is 4.72 Å². The summed E-state index contributed by atoms with van der Waals surface area (Å²) in [5, 5.41) is 0. The summed E-state index contributed by atoms with van der Waals surface area (Å²) in [5.74, 6) is 0.659. The Kier molecular flexibility index (Phi) is 1.86. The van der Waals surface area contributed by atoms with Gasteiger partial charge in [0.2, 0.25) is 0 Å². The van der Waals surface area contributed by atoms with Crippen LogP contribution in [-0.2, 0) is 11.0 Å². The first kappa shape index (κ1) is 7.79. The molecule has 0 amide bonds. The minimum Gasteiger partial charge on any atom is -0.308 e. The normalized spacial score (nSPS) is 25.9. The summed E-state index contributed by atoms with van der Waals surface area (Å²) >= 11 is 0. The van der Waals surface area contributed by atoms with Gasteiger partial charge in [-0.2, -0.15) is 0 Å². The lowest BCUT2D eigenvalue weighted by Gasteiger charge is -2.19. The van der Waals surface area contributed by atoms with Gasteiger partial charge in [-0.25, -0.2) is 4.21 Å². The molecule has 0 aromatic carbocycles. The van der Waals surface area contributed by atoms with E-state index in [1.54, 1.807) is 0 Å². The van der Waals surface area contributed by atoms with Gasteiger partial charge in [0.05, 0.1) is 5.75 Å². The Labute approximate surface area is 64.3 Å². The summed E-state index contributed by atoms with van der Waals surface area (Å²) in [6.45, 7) is 6.32. The second-order valence-corrected chi connectivity index (χ2v) is 4.71. The Hall–Kier alpha value is -0.310. The zero-order chi connectivity index (χ0) is 7.78. The Bertz CT molecular complexity index is 190. The maximum absolute atomic E-state index is 10.8. The minimum absolute atomic E-state index is 0.117. The molecule has 0 aromatic heterocycles. The molecule has 0 spiro atoms. The van der Waals surface area contributed by atoms with Crippen molar-refractivity contribution in [1.29, 1.82) is 0 Å². The van der Waals surface area contributed by atoms with E-state index in [4.69, 9.17) is 0 Å². The highest BCUT2D eigenvalue weighted by Crippen LogP contribution is 2.25. The van der Waals surface area contributed by atoms with E-state index < -0.39 is 11.0 Å². The lowest BCUT2D eigenvalue weighted by molar-refractivity contribution is 0.488. The SMILES string of the molecule is CC(C)(C)C1=CCS(=O)N1. The van der Waals surface area contributed by atoms with Crippen molar-refractivity contribution < 1.29 is 4.21 Å². The fourth-order valence-electron chi connectivity index (χ4n) is 0.824. The highest BCUT2D eigenvalue weighted by molar-refractivity contribution is 7.83. The summed E-state index contributed by atoms with van der Waals surface area (Å²) < 4.78 is 13.8. The molecular formula is C7H13NOS. The highest BCUT2D eigenvalue weighted by Gasteiger charge is 2.21. The fraction of sp³-hybridized carbons (Fsp3) is 0.714. The lowest BCUT2D eigenvalue weighted by atomic mass is 9.92. The molecule has 0 saturated carbocycles. The van der Waals surface area contributed by atoms with Crippen LogP contribution in [0.25, 0.3) is 0 Å². The van der Waals surface area contributed by atoms with Crippen molar-refractivity contribution in [3.05, 3.63) is 11.8 Å². The maximum Gasteiger partial charge on any atom is 0.120 e. The second kappa shape index (κ2) is 2.38. The quantitative estimate of drug-likeness (QED) is 0.565. The number of nitrogens with one attached hydrogen (secondary N) is 1. The molecule has 0 fully saturated rings. The van der Waals surface area contributed by atoms with Crippen molar-refractivity contribution in [3.63, 3.8) is 0 Å². The van der Waals surface area contributed by atoms with Crippen molar-refractivity contribution >= 4 is 11.0 Å². The maximum atomic E-state index is 10.8. The minimum atomic E-state index is -0.842. The van der Waals surface area contributed by atoms with E-state index in [-0.39, 0.29) is 5.41 Å². The summed E-state index contributed by atoms with van der Waals surface area (Å²) in [6, 6.07) is 0. The molecule has 2 nitrogen and oxygen atoms in total. The third-order valence-electron chi connectivity index (χ3n) is 1.47. The Morgan fingerprint density at radius 3 is 2.40 bits per heavy atom. The molecule has 1 N–H and O–H groups in total. The van der Waals surface area contributed by atoms with Crippen LogP contribution in [0.2, 0.25) is 0 Å². The molecule has 0 aromatic rings. The molecule has 1 unspecified atom stereocenters. The second-order valence-electron chi connectivity index (χ2n) is 3.48. The third-order valence-corrected chi connectivity index (χ3v) is 2.39. The molecule has 1 rings (SSSR count). The highest BCUT2D eigenvalue weighted by atomic mass is 32.2. The van der Waals surface area contributed by atoms with Crippen molar-refractivity contribution in [2.24, 2.45) is 5.41 Å². The predicted molar refractivity (Wildman–Crippen MR) is 43.7 cm³/mol. The van der Waals surface area contributed by atoms with E-state index in [1.165, 1.54) is 0 Å². The van der Waals surface area contributed by atoms with Gasteiger partial charge in [-0.1, -0.05) is 20.8 Å². The number of allylic oxidation sites excluding steroid dienone is 1. The first-order valence-electron chi connectivity index (χ1n) is 3.36. The molecule has 1 aliphatic rings. The average molecular weight is 159 g/mol. The van der Waals surface area contributed by atoms with Crippen LogP contribution < -0.4 is 4.72 Å². The first-order chi connectivity index (χ1) is 4.50. The summed E-state index contributed by atoms with van der Waals surface area (Å²) in [6.07, 6.45) is 2.01. The van der Waals surface area contributed by atoms with Crippen LogP contribution in [-0.4, -0.2) is 9.96 Å². The smallest absolute Gasteiger partial charge is 0.120 e. The van der Waals surface area contributed by atoms with Crippen molar-refractivity contribution in [2.75, 3.05) is 5.75 Å². The average Bonchev–Trinajstić information content (AvgIpc) is 2.11. The molecule has 58 valence electrons. The number of hydrogen-bond acceptors (Lipinski definition) is 1. The van der Waals surface area contributed by atoms with E-state index >= 15 is 0 Å². The zero-order valence-electron chi connectivity index (χ0n) is 6.60. The topological polar surface area (TPSA) is 29.1 Å². The molecule has 0 aliphatic carbocycles. The van der Waals surface area contributed by atoms with Crippen LogP contribution in [0.15, 0.2) is 11.8 Å². The van der Waals surface area contributed by atoms with Gasteiger partial charge in [-0.3, -0.25) is 0 Å². The third kappa shape index (κ3) is 1.59. The molecule has 0 radical (unpaired) electrons. The predicted octanol–water partition coefficient (Wildman–Crippen LogP) is 1.18. The fourth-order valence-corrected chi connectivity index (χ4v) is 1.86. The van der Waals surface area contributed by atoms with Crippen LogP contribution >= 0.6 is 0 Å². The van der Waals surface area contributed by atoms with Crippen LogP contribution in [0, 0.1) is 5.41 Å². The van der Waals surface area contributed by atoms with Crippen molar-refractivity contribution in [3.8, 4) is 0 Å².